The van der Waals surface area contributed by atoms with Crippen LogP contribution in [-0.4, -0.2) is 32.1 Å². The topological polar surface area (TPSA) is 72.8 Å². The fraction of sp³-hybridized carbons (Fsp3) is 0.0938. The van der Waals surface area contributed by atoms with Crippen molar-refractivity contribution in [3.05, 3.63) is 126 Å². The largest absolute Gasteiger partial charge is 0.494 e. The number of carbonyl (C=O) groups is 1. The molecule has 0 saturated carbocycles. The molecule has 0 aliphatic carbocycles. The molecule has 0 fully saturated rings. The van der Waals surface area contributed by atoms with Crippen LogP contribution in [0, 0.1) is 5.82 Å². The minimum absolute atomic E-state index is 0.0839. The van der Waals surface area contributed by atoms with Crippen LogP contribution in [0.1, 0.15) is 28.1 Å². The van der Waals surface area contributed by atoms with Crippen molar-refractivity contribution in [3.8, 4) is 22.8 Å². The summed E-state index contributed by atoms with van der Waals surface area (Å²) >= 11 is 1.25. The number of nitrogens with one attached hydrogen (secondary N) is 1. The first kappa shape index (κ1) is 25.6. The van der Waals surface area contributed by atoms with Crippen LogP contribution in [0.4, 0.5) is 4.39 Å². The van der Waals surface area contributed by atoms with Gasteiger partial charge < -0.3 is 9.72 Å². The minimum Gasteiger partial charge on any atom is -0.494 e. The van der Waals surface area contributed by atoms with E-state index in [0.717, 1.165) is 27.8 Å². The number of nitrogens with zero attached hydrogens (tertiary/aromatic N) is 3. The molecular formula is C32H25FN4O2S. The lowest BCUT2D eigenvalue weighted by Crippen LogP contribution is -2.11. The maximum Gasteiger partial charge on any atom is 0.197 e. The first-order valence-corrected chi connectivity index (χ1v) is 13.8. The van der Waals surface area contributed by atoms with Crippen LogP contribution < -0.4 is 4.74 Å². The molecule has 8 heteroatoms. The zero-order valence-corrected chi connectivity index (χ0v) is 22.4. The molecule has 1 N–H and O–H groups in total. The quantitative estimate of drug-likeness (QED) is 0.148. The third-order valence-electron chi connectivity index (χ3n) is 6.57. The highest BCUT2D eigenvalue weighted by Crippen LogP contribution is 2.41. The molecule has 0 amide bonds. The average molecular weight is 549 g/mol. The van der Waals surface area contributed by atoms with Crippen LogP contribution in [0.3, 0.4) is 0 Å². The van der Waals surface area contributed by atoms with Gasteiger partial charge in [-0.2, -0.15) is 0 Å². The molecule has 0 unspecified atom stereocenters. The van der Waals surface area contributed by atoms with Crippen LogP contribution in [0.25, 0.3) is 28.0 Å². The van der Waals surface area contributed by atoms with Crippen molar-refractivity contribution in [2.24, 2.45) is 0 Å². The number of Topliss-reactive ketones (excluding diaryl/α,β-unsaturated/α-hetero) is 1. The zero-order valence-electron chi connectivity index (χ0n) is 21.6. The maximum atomic E-state index is 15.2. The fourth-order valence-electron chi connectivity index (χ4n) is 4.67. The van der Waals surface area contributed by atoms with Gasteiger partial charge in [0.05, 0.1) is 12.3 Å². The summed E-state index contributed by atoms with van der Waals surface area (Å²) in [6.45, 7) is 2.48. The van der Waals surface area contributed by atoms with Crippen molar-refractivity contribution in [2.75, 3.05) is 6.61 Å². The average Bonchev–Trinajstić information content (AvgIpc) is 3.61. The van der Waals surface area contributed by atoms with Gasteiger partial charge in [0.15, 0.2) is 16.8 Å². The monoisotopic (exact) mass is 548 g/mol. The van der Waals surface area contributed by atoms with E-state index in [2.05, 4.69) is 15.2 Å². The predicted octanol–water partition coefficient (Wildman–Crippen LogP) is 7.67. The van der Waals surface area contributed by atoms with E-state index in [1.54, 1.807) is 29.0 Å². The fourth-order valence-corrected chi connectivity index (χ4v) is 5.79. The van der Waals surface area contributed by atoms with Gasteiger partial charge in [-0.05, 0) is 55.0 Å². The molecule has 4 aromatic carbocycles. The molecule has 6 rings (SSSR count). The van der Waals surface area contributed by atoms with E-state index in [1.165, 1.54) is 17.8 Å². The van der Waals surface area contributed by atoms with E-state index < -0.39 is 11.1 Å². The molecule has 0 aliphatic rings. The number of fused-ring (bicyclic) bond motifs is 1. The summed E-state index contributed by atoms with van der Waals surface area (Å²) in [6, 6.07) is 31.2. The Bertz CT molecular complexity index is 1780. The predicted molar refractivity (Wildman–Crippen MR) is 156 cm³/mol. The molecule has 0 saturated heterocycles. The van der Waals surface area contributed by atoms with E-state index in [-0.39, 0.29) is 5.78 Å². The third kappa shape index (κ3) is 4.89. The summed E-state index contributed by atoms with van der Waals surface area (Å²) < 4.78 is 22.5. The molecule has 0 aliphatic heterocycles. The van der Waals surface area contributed by atoms with E-state index >= 15 is 4.39 Å². The van der Waals surface area contributed by atoms with Crippen molar-refractivity contribution >= 4 is 28.4 Å². The molecule has 2 aromatic heterocycles. The second kappa shape index (κ2) is 11.2. The number of carbonyl (C=O) groups excluding carboxylic acids is 1. The Morgan fingerprint density at radius 2 is 1.65 bits per heavy atom. The summed E-state index contributed by atoms with van der Waals surface area (Å²) in [5, 5.41) is 9.54. The van der Waals surface area contributed by atoms with Crippen LogP contribution in [-0.2, 0) is 0 Å². The molecule has 0 radical (unpaired) electrons. The van der Waals surface area contributed by atoms with Crippen molar-refractivity contribution in [3.63, 3.8) is 0 Å². The summed E-state index contributed by atoms with van der Waals surface area (Å²) in [7, 11) is 0. The van der Waals surface area contributed by atoms with Crippen LogP contribution >= 0.6 is 11.8 Å². The number of H-pyrrole nitrogens is 1. The molecule has 198 valence electrons. The number of halogens is 1. The minimum atomic E-state index is -0.650. The maximum absolute atomic E-state index is 15.2. The van der Waals surface area contributed by atoms with Gasteiger partial charge in [0.1, 0.15) is 16.8 Å². The van der Waals surface area contributed by atoms with Gasteiger partial charge >= 0.3 is 0 Å². The Labute approximate surface area is 234 Å². The number of aromatic amines is 1. The van der Waals surface area contributed by atoms with Gasteiger partial charge in [-0.15, -0.1) is 10.2 Å². The first-order valence-electron chi connectivity index (χ1n) is 12.9. The van der Waals surface area contributed by atoms with Gasteiger partial charge in [-0.25, -0.2) is 4.39 Å². The third-order valence-corrected chi connectivity index (χ3v) is 7.77. The number of ether oxygens (including phenoxy) is 1. The number of hydrogen-bond acceptors (Lipinski definition) is 5. The molecule has 0 spiro atoms. The number of hydrogen-bond donors (Lipinski definition) is 1. The Morgan fingerprint density at radius 3 is 2.42 bits per heavy atom. The molecule has 40 heavy (non-hydrogen) atoms. The second-order valence-electron chi connectivity index (χ2n) is 9.07. The van der Waals surface area contributed by atoms with E-state index in [1.807, 2.05) is 85.8 Å². The van der Waals surface area contributed by atoms with Gasteiger partial charge in [-0.3, -0.25) is 9.36 Å². The molecular weight excluding hydrogens is 523 g/mol. The molecule has 6 nitrogen and oxygen atoms in total. The van der Waals surface area contributed by atoms with E-state index in [0.29, 0.717) is 28.8 Å². The first-order chi connectivity index (χ1) is 19.6. The van der Waals surface area contributed by atoms with Gasteiger partial charge in [0, 0.05) is 28.2 Å². The number of benzene rings is 4. The normalized spacial score (nSPS) is 11.9. The van der Waals surface area contributed by atoms with Gasteiger partial charge in [-0.1, -0.05) is 72.4 Å². The van der Waals surface area contributed by atoms with Crippen LogP contribution in [0.15, 0.2) is 114 Å². The standard InChI is InChI=1S/C32H25FN4O2S/c1-2-39-23-18-16-22(17-19-23)31-35-36-32(37(31)28-15-9-7-13-26(28)33)40-30(21-10-4-3-5-11-21)29(38)25-20-34-27-14-8-6-12-24(25)27/h3-20,30,34H,2H2,1H3/t30-/m0/s1. The van der Waals surface area contributed by atoms with E-state index in [4.69, 9.17) is 4.74 Å². The van der Waals surface area contributed by atoms with Crippen molar-refractivity contribution < 1.29 is 13.9 Å². The zero-order chi connectivity index (χ0) is 27.5. The lowest BCUT2D eigenvalue weighted by Gasteiger charge is -2.17. The molecule has 1 atom stereocenters. The number of aromatic nitrogens is 4. The lowest BCUT2D eigenvalue weighted by atomic mass is 10.0. The lowest BCUT2D eigenvalue weighted by molar-refractivity contribution is 0.0991. The number of rotatable bonds is 9. The summed E-state index contributed by atoms with van der Waals surface area (Å²) in [6.07, 6.45) is 1.75. The van der Waals surface area contributed by atoms with Crippen molar-refractivity contribution in [1.82, 2.24) is 19.7 Å². The molecule has 6 aromatic rings. The van der Waals surface area contributed by atoms with E-state index in [9.17, 15) is 4.79 Å². The number of ketones is 1. The second-order valence-corrected chi connectivity index (χ2v) is 10.1. The summed E-state index contributed by atoms with van der Waals surface area (Å²) in [5.41, 5.74) is 3.32. The number of thioether (sulfide) groups is 1. The van der Waals surface area contributed by atoms with Crippen LogP contribution in [0.2, 0.25) is 0 Å². The summed E-state index contributed by atoms with van der Waals surface area (Å²) in [4.78, 5) is 17.3. The van der Waals surface area contributed by atoms with Gasteiger partial charge in [0.25, 0.3) is 0 Å². The highest BCUT2D eigenvalue weighted by Gasteiger charge is 2.29. The SMILES string of the molecule is CCOc1ccc(-c2nnc(S[C@H](C(=O)c3c[nH]c4ccccc34)c3ccccc3)n2-c2ccccc2F)cc1. The Morgan fingerprint density at radius 1 is 0.925 bits per heavy atom. The van der Waals surface area contributed by atoms with Gasteiger partial charge in [0.2, 0.25) is 0 Å². The van der Waals surface area contributed by atoms with Crippen molar-refractivity contribution in [1.29, 1.82) is 0 Å². The highest BCUT2D eigenvalue weighted by atomic mass is 32.2. The Hall–Kier alpha value is -4.69. The molecule has 0 bridgehead atoms. The molecule has 2 heterocycles. The highest BCUT2D eigenvalue weighted by molar-refractivity contribution is 8.00. The smallest absolute Gasteiger partial charge is 0.197 e. The number of para-hydroxylation sites is 2. The van der Waals surface area contributed by atoms with Crippen molar-refractivity contribution in [2.45, 2.75) is 17.3 Å². The Kier molecular flexibility index (Phi) is 7.16. The Balaban J connectivity index is 1.47. The van der Waals surface area contributed by atoms with Crippen LogP contribution in [0.5, 0.6) is 5.75 Å². The summed E-state index contributed by atoms with van der Waals surface area (Å²) in [5.74, 6) is 0.683.